The van der Waals surface area contributed by atoms with Gasteiger partial charge in [-0.15, -0.1) is 0 Å². The standard InChI is InChI=1S/C14H22N2O2/c1-11-8-12(10-13(15)9-11)14(18)16-6-4-2-3-5-7-17/h8-10,17H,2-7,15H2,1H3,(H,16,18). The fourth-order valence-electron chi connectivity index (χ4n) is 1.84. The van der Waals surface area contributed by atoms with Gasteiger partial charge in [0, 0.05) is 24.4 Å². The topological polar surface area (TPSA) is 75.4 Å². The van der Waals surface area contributed by atoms with E-state index in [0.717, 1.165) is 31.2 Å². The fraction of sp³-hybridized carbons (Fsp3) is 0.500. The molecule has 0 saturated heterocycles. The molecule has 18 heavy (non-hydrogen) atoms. The molecular weight excluding hydrogens is 228 g/mol. The van der Waals surface area contributed by atoms with Gasteiger partial charge in [0.25, 0.3) is 5.91 Å². The number of aliphatic hydroxyl groups excluding tert-OH is 1. The van der Waals surface area contributed by atoms with Crippen LogP contribution in [-0.4, -0.2) is 24.2 Å². The zero-order valence-corrected chi connectivity index (χ0v) is 10.9. The molecule has 0 fully saturated rings. The van der Waals surface area contributed by atoms with Crippen LogP contribution in [0.3, 0.4) is 0 Å². The van der Waals surface area contributed by atoms with Gasteiger partial charge in [-0.25, -0.2) is 0 Å². The molecule has 0 heterocycles. The van der Waals surface area contributed by atoms with E-state index in [-0.39, 0.29) is 12.5 Å². The Hall–Kier alpha value is -1.55. The lowest BCUT2D eigenvalue weighted by Crippen LogP contribution is -2.24. The van der Waals surface area contributed by atoms with E-state index < -0.39 is 0 Å². The highest BCUT2D eigenvalue weighted by atomic mass is 16.2. The third kappa shape index (κ3) is 5.19. The molecule has 1 aromatic rings. The number of anilines is 1. The summed E-state index contributed by atoms with van der Waals surface area (Å²) < 4.78 is 0. The Morgan fingerprint density at radius 1 is 1.22 bits per heavy atom. The average molecular weight is 250 g/mol. The minimum absolute atomic E-state index is 0.0763. The Morgan fingerprint density at radius 3 is 2.61 bits per heavy atom. The minimum atomic E-state index is -0.0763. The number of rotatable bonds is 7. The largest absolute Gasteiger partial charge is 0.399 e. The van der Waals surface area contributed by atoms with E-state index in [1.54, 1.807) is 6.07 Å². The Kier molecular flexibility index (Phi) is 6.22. The summed E-state index contributed by atoms with van der Waals surface area (Å²) in [6, 6.07) is 5.36. The van der Waals surface area contributed by atoms with E-state index in [9.17, 15) is 4.79 Å². The molecule has 4 heteroatoms. The number of carbonyl (C=O) groups excluding carboxylic acids is 1. The van der Waals surface area contributed by atoms with E-state index >= 15 is 0 Å². The molecular formula is C14H22N2O2. The normalized spacial score (nSPS) is 10.3. The van der Waals surface area contributed by atoms with E-state index in [1.807, 2.05) is 19.1 Å². The van der Waals surface area contributed by atoms with E-state index in [4.69, 9.17) is 10.8 Å². The number of nitrogen functional groups attached to an aromatic ring is 1. The zero-order chi connectivity index (χ0) is 13.4. The number of aliphatic hydroxyl groups is 1. The molecule has 1 amide bonds. The molecule has 4 N–H and O–H groups in total. The molecule has 100 valence electrons. The van der Waals surface area contributed by atoms with Crippen LogP contribution in [0.25, 0.3) is 0 Å². The summed E-state index contributed by atoms with van der Waals surface area (Å²) in [5, 5.41) is 11.5. The Morgan fingerprint density at radius 2 is 1.94 bits per heavy atom. The second-order valence-corrected chi connectivity index (χ2v) is 4.53. The van der Waals surface area contributed by atoms with Crippen LogP contribution in [0.4, 0.5) is 5.69 Å². The molecule has 4 nitrogen and oxygen atoms in total. The summed E-state index contributed by atoms with van der Waals surface area (Å²) in [5.74, 6) is -0.0763. The van der Waals surface area contributed by atoms with Crippen LogP contribution in [0.1, 0.15) is 41.6 Å². The highest BCUT2D eigenvalue weighted by molar-refractivity contribution is 5.95. The van der Waals surface area contributed by atoms with Gasteiger partial charge in [0.1, 0.15) is 0 Å². The first kappa shape index (κ1) is 14.5. The van der Waals surface area contributed by atoms with Crippen LogP contribution < -0.4 is 11.1 Å². The number of aryl methyl sites for hydroxylation is 1. The van der Waals surface area contributed by atoms with Crippen molar-refractivity contribution in [1.29, 1.82) is 0 Å². The van der Waals surface area contributed by atoms with Crippen LogP contribution >= 0.6 is 0 Å². The summed E-state index contributed by atoms with van der Waals surface area (Å²) in [6.45, 7) is 2.83. The van der Waals surface area contributed by atoms with Crippen molar-refractivity contribution in [3.8, 4) is 0 Å². The van der Waals surface area contributed by atoms with Gasteiger partial charge in [-0.05, 0) is 43.5 Å². The molecule has 0 radical (unpaired) electrons. The Bertz CT molecular complexity index is 371. The average Bonchev–Trinajstić information content (AvgIpc) is 2.32. The predicted octanol–water partition coefficient (Wildman–Crippen LogP) is 1.86. The predicted molar refractivity (Wildman–Crippen MR) is 73.5 cm³/mol. The van der Waals surface area contributed by atoms with Gasteiger partial charge in [0.05, 0.1) is 0 Å². The van der Waals surface area contributed by atoms with Crippen LogP contribution in [0.5, 0.6) is 0 Å². The van der Waals surface area contributed by atoms with Crippen molar-refractivity contribution in [2.45, 2.75) is 32.6 Å². The van der Waals surface area contributed by atoms with Gasteiger partial charge in [0.15, 0.2) is 0 Å². The molecule has 0 unspecified atom stereocenters. The lowest BCUT2D eigenvalue weighted by atomic mass is 10.1. The molecule has 0 aromatic heterocycles. The molecule has 1 aromatic carbocycles. The first-order chi connectivity index (χ1) is 8.63. The SMILES string of the molecule is Cc1cc(N)cc(C(=O)NCCCCCCO)c1. The number of unbranched alkanes of at least 4 members (excludes halogenated alkanes) is 3. The quantitative estimate of drug-likeness (QED) is 0.510. The molecule has 0 aliphatic heterocycles. The highest BCUT2D eigenvalue weighted by Gasteiger charge is 2.05. The molecule has 1 rings (SSSR count). The number of nitrogens with two attached hydrogens (primary N) is 1. The highest BCUT2D eigenvalue weighted by Crippen LogP contribution is 2.11. The monoisotopic (exact) mass is 250 g/mol. The lowest BCUT2D eigenvalue weighted by molar-refractivity contribution is 0.0952. The summed E-state index contributed by atoms with van der Waals surface area (Å²) >= 11 is 0. The number of nitrogens with one attached hydrogen (secondary N) is 1. The first-order valence-electron chi connectivity index (χ1n) is 6.39. The van der Waals surface area contributed by atoms with Crippen molar-refractivity contribution in [3.05, 3.63) is 29.3 Å². The zero-order valence-electron chi connectivity index (χ0n) is 10.9. The summed E-state index contributed by atoms with van der Waals surface area (Å²) in [7, 11) is 0. The number of amides is 1. The maximum Gasteiger partial charge on any atom is 0.251 e. The lowest BCUT2D eigenvalue weighted by Gasteiger charge is -2.07. The van der Waals surface area contributed by atoms with Crippen molar-refractivity contribution < 1.29 is 9.90 Å². The summed E-state index contributed by atoms with van der Waals surface area (Å²) in [6.07, 6.45) is 3.80. The van der Waals surface area contributed by atoms with Crippen molar-refractivity contribution in [3.63, 3.8) is 0 Å². The van der Waals surface area contributed by atoms with Gasteiger partial charge in [-0.2, -0.15) is 0 Å². The van der Waals surface area contributed by atoms with Gasteiger partial charge in [0.2, 0.25) is 0 Å². The van der Waals surface area contributed by atoms with E-state index in [2.05, 4.69) is 5.32 Å². The van der Waals surface area contributed by atoms with E-state index in [1.165, 1.54) is 0 Å². The van der Waals surface area contributed by atoms with Gasteiger partial charge in [-0.1, -0.05) is 12.8 Å². The number of carbonyl (C=O) groups is 1. The Balaban J connectivity index is 2.32. The summed E-state index contributed by atoms with van der Waals surface area (Å²) in [5.41, 5.74) is 7.92. The van der Waals surface area contributed by atoms with Gasteiger partial charge >= 0.3 is 0 Å². The number of hydrogen-bond donors (Lipinski definition) is 3. The molecule has 0 aliphatic rings. The first-order valence-corrected chi connectivity index (χ1v) is 6.39. The molecule has 0 atom stereocenters. The molecule has 0 aliphatic carbocycles. The van der Waals surface area contributed by atoms with Crippen LogP contribution in [0.15, 0.2) is 18.2 Å². The van der Waals surface area contributed by atoms with Crippen LogP contribution in [0.2, 0.25) is 0 Å². The van der Waals surface area contributed by atoms with Gasteiger partial charge < -0.3 is 16.2 Å². The second-order valence-electron chi connectivity index (χ2n) is 4.53. The maximum atomic E-state index is 11.8. The fourth-order valence-corrected chi connectivity index (χ4v) is 1.84. The van der Waals surface area contributed by atoms with Gasteiger partial charge in [-0.3, -0.25) is 4.79 Å². The van der Waals surface area contributed by atoms with Crippen molar-refractivity contribution in [2.24, 2.45) is 0 Å². The van der Waals surface area contributed by atoms with Crippen LogP contribution in [-0.2, 0) is 0 Å². The Labute approximate surface area is 108 Å². The minimum Gasteiger partial charge on any atom is -0.399 e. The molecule has 0 bridgehead atoms. The van der Waals surface area contributed by atoms with Crippen LogP contribution in [0, 0.1) is 6.92 Å². The van der Waals surface area contributed by atoms with Crippen molar-refractivity contribution >= 4 is 11.6 Å². The van der Waals surface area contributed by atoms with Crippen molar-refractivity contribution in [1.82, 2.24) is 5.32 Å². The summed E-state index contributed by atoms with van der Waals surface area (Å²) in [4.78, 5) is 11.8. The maximum absolute atomic E-state index is 11.8. The molecule has 0 saturated carbocycles. The number of hydrogen-bond acceptors (Lipinski definition) is 3. The number of benzene rings is 1. The third-order valence-corrected chi connectivity index (χ3v) is 2.73. The second kappa shape index (κ2) is 7.71. The smallest absolute Gasteiger partial charge is 0.251 e. The van der Waals surface area contributed by atoms with Crippen molar-refractivity contribution in [2.75, 3.05) is 18.9 Å². The van der Waals surface area contributed by atoms with E-state index in [0.29, 0.717) is 17.8 Å². The third-order valence-electron chi connectivity index (χ3n) is 2.73. The molecule has 0 spiro atoms.